The highest BCUT2D eigenvalue weighted by Crippen LogP contribution is 2.12. The van der Waals surface area contributed by atoms with Gasteiger partial charge in [-0.3, -0.25) is 0 Å². The Hall–Kier alpha value is -0.860. The molecular formula is C6H13N3O4S. The Morgan fingerprint density at radius 1 is 1.50 bits per heavy atom. The first-order chi connectivity index (χ1) is 6.44. The van der Waals surface area contributed by atoms with E-state index in [0.29, 0.717) is 13.1 Å². The van der Waals surface area contributed by atoms with Crippen LogP contribution in [-0.2, 0) is 10.2 Å². The van der Waals surface area contributed by atoms with Crippen molar-refractivity contribution in [2.24, 2.45) is 0 Å². The molecule has 0 saturated carbocycles. The molecule has 1 saturated heterocycles. The Balaban J connectivity index is 2.43. The van der Waals surface area contributed by atoms with Crippen LogP contribution >= 0.6 is 0 Å². The van der Waals surface area contributed by atoms with Gasteiger partial charge < -0.3 is 10.4 Å². The molecule has 0 unspecified atom stereocenters. The van der Waals surface area contributed by atoms with Gasteiger partial charge in [0.05, 0.1) is 0 Å². The summed E-state index contributed by atoms with van der Waals surface area (Å²) in [5.74, 6) is 0. The fourth-order valence-corrected chi connectivity index (χ4v) is 2.54. The van der Waals surface area contributed by atoms with Crippen LogP contribution in [0.15, 0.2) is 0 Å². The highest BCUT2D eigenvalue weighted by atomic mass is 32.2. The maximum absolute atomic E-state index is 11.4. The Morgan fingerprint density at radius 3 is 2.57 bits per heavy atom. The number of hydrogen-bond acceptors (Lipinski definition) is 3. The van der Waals surface area contributed by atoms with Gasteiger partial charge in [0.2, 0.25) is 0 Å². The van der Waals surface area contributed by atoms with Crippen molar-refractivity contribution in [2.75, 3.05) is 33.2 Å². The zero-order valence-corrected chi connectivity index (χ0v) is 8.62. The van der Waals surface area contributed by atoms with E-state index in [0.717, 1.165) is 0 Å². The maximum Gasteiger partial charge on any atom is 0.404 e. The van der Waals surface area contributed by atoms with Gasteiger partial charge in [-0.2, -0.15) is 17.0 Å². The summed E-state index contributed by atoms with van der Waals surface area (Å²) < 4.78 is 25.4. The molecule has 0 aromatic rings. The van der Waals surface area contributed by atoms with Crippen LogP contribution in [0.3, 0.4) is 0 Å². The summed E-state index contributed by atoms with van der Waals surface area (Å²) in [5.41, 5.74) is 0. The molecule has 0 radical (unpaired) electrons. The van der Waals surface area contributed by atoms with Crippen LogP contribution in [0.5, 0.6) is 0 Å². The number of rotatable bonds is 3. The molecule has 1 amide bonds. The van der Waals surface area contributed by atoms with Crippen molar-refractivity contribution in [3.63, 3.8) is 0 Å². The molecule has 1 fully saturated rings. The third kappa shape index (κ3) is 2.34. The molecule has 0 aromatic heterocycles. The minimum atomic E-state index is -3.33. The molecule has 0 atom stereocenters. The largest absolute Gasteiger partial charge is 0.465 e. The zero-order chi connectivity index (χ0) is 10.8. The second kappa shape index (κ2) is 4.11. The van der Waals surface area contributed by atoms with Crippen LogP contribution in [0.1, 0.15) is 0 Å². The van der Waals surface area contributed by atoms with Gasteiger partial charge in [0.1, 0.15) is 0 Å². The summed E-state index contributed by atoms with van der Waals surface area (Å²) in [7, 11) is -1.83. The van der Waals surface area contributed by atoms with Gasteiger partial charge in [-0.1, -0.05) is 0 Å². The lowest BCUT2D eigenvalue weighted by atomic mass is 10.5. The fourth-order valence-electron chi connectivity index (χ4n) is 1.19. The minimum Gasteiger partial charge on any atom is -0.465 e. The zero-order valence-electron chi connectivity index (χ0n) is 7.80. The lowest BCUT2D eigenvalue weighted by molar-refractivity contribution is 0.193. The van der Waals surface area contributed by atoms with Crippen molar-refractivity contribution in [1.29, 1.82) is 0 Å². The van der Waals surface area contributed by atoms with E-state index >= 15 is 0 Å². The molecule has 0 spiro atoms. The summed E-state index contributed by atoms with van der Waals surface area (Å²) in [5, 5.41) is 10.4. The monoisotopic (exact) mass is 223 g/mol. The van der Waals surface area contributed by atoms with E-state index in [1.807, 2.05) is 0 Å². The van der Waals surface area contributed by atoms with Crippen molar-refractivity contribution >= 4 is 16.3 Å². The topological polar surface area (TPSA) is 89.9 Å². The lowest BCUT2D eigenvalue weighted by Crippen LogP contribution is -2.37. The quantitative estimate of drug-likeness (QED) is 0.625. The Kier molecular flexibility index (Phi) is 3.29. The summed E-state index contributed by atoms with van der Waals surface area (Å²) in [6.07, 6.45) is -1.14. The number of likely N-dealkylation sites (N-methyl/N-ethyl adjacent to an activating group) is 1. The molecule has 1 aliphatic rings. The Bertz CT molecular complexity index is 315. The van der Waals surface area contributed by atoms with E-state index < -0.39 is 16.3 Å². The lowest BCUT2D eigenvalue weighted by Gasteiger charge is -2.15. The van der Waals surface area contributed by atoms with E-state index in [-0.39, 0.29) is 13.1 Å². The SMILES string of the molecule is CN1CCN(CCNC(=O)O)S1(=O)=O. The van der Waals surface area contributed by atoms with Crippen molar-refractivity contribution in [2.45, 2.75) is 0 Å². The van der Waals surface area contributed by atoms with Gasteiger partial charge in [0, 0.05) is 33.2 Å². The predicted octanol–water partition coefficient (Wildman–Crippen LogP) is -1.25. The number of amides is 1. The summed E-state index contributed by atoms with van der Waals surface area (Å²) in [6.45, 7) is 1.16. The normalized spacial score (nSPS) is 22.4. The van der Waals surface area contributed by atoms with Crippen LogP contribution in [0.25, 0.3) is 0 Å². The molecule has 14 heavy (non-hydrogen) atoms. The Morgan fingerprint density at radius 2 is 2.14 bits per heavy atom. The first-order valence-corrected chi connectivity index (χ1v) is 5.52. The summed E-state index contributed by atoms with van der Waals surface area (Å²) >= 11 is 0. The van der Waals surface area contributed by atoms with Gasteiger partial charge in [-0.05, 0) is 0 Å². The first kappa shape index (κ1) is 11.2. The first-order valence-electron chi connectivity index (χ1n) is 4.13. The van der Waals surface area contributed by atoms with E-state index in [4.69, 9.17) is 5.11 Å². The van der Waals surface area contributed by atoms with Gasteiger partial charge >= 0.3 is 6.09 Å². The smallest absolute Gasteiger partial charge is 0.404 e. The molecular weight excluding hydrogens is 210 g/mol. The highest BCUT2D eigenvalue weighted by Gasteiger charge is 2.32. The average Bonchev–Trinajstić information content (AvgIpc) is 2.30. The molecule has 0 aliphatic carbocycles. The number of carboxylic acid groups (broad SMARTS) is 1. The van der Waals surface area contributed by atoms with Crippen molar-refractivity contribution in [3.05, 3.63) is 0 Å². The number of nitrogens with one attached hydrogen (secondary N) is 1. The molecule has 2 N–H and O–H groups in total. The van der Waals surface area contributed by atoms with E-state index in [1.54, 1.807) is 0 Å². The summed E-state index contributed by atoms with van der Waals surface area (Å²) in [6, 6.07) is 0. The third-order valence-electron chi connectivity index (χ3n) is 2.02. The predicted molar refractivity (Wildman–Crippen MR) is 49.2 cm³/mol. The third-order valence-corrected chi connectivity index (χ3v) is 4.01. The molecule has 0 bridgehead atoms. The number of hydrogen-bond donors (Lipinski definition) is 2. The van der Waals surface area contributed by atoms with Gasteiger partial charge in [-0.25, -0.2) is 4.79 Å². The second-order valence-corrected chi connectivity index (χ2v) is 5.00. The van der Waals surface area contributed by atoms with Gasteiger partial charge in [0.25, 0.3) is 10.2 Å². The molecule has 8 heteroatoms. The fraction of sp³-hybridized carbons (Fsp3) is 0.833. The molecule has 1 aliphatic heterocycles. The number of carbonyl (C=O) groups is 1. The Labute approximate surface area is 82.5 Å². The maximum atomic E-state index is 11.4. The summed E-state index contributed by atoms with van der Waals surface area (Å²) in [4.78, 5) is 10.1. The molecule has 1 heterocycles. The van der Waals surface area contributed by atoms with Crippen LogP contribution in [-0.4, -0.2) is 61.5 Å². The van der Waals surface area contributed by atoms with E-state index in [1.165, 1.54) is 15.7 Å². The van der Waals surface area contributed by atoms with Crippen molar-refractivity contribution in [1.82, 2.24) is 13.9 Å². The van der Waals surface area contributed by atoms with Gasteiger partial charge in [-0.15, -0.1) is 0 Å². The van der Waals surface area contributed by atoms with Crippen LogP contribution in [0.4, 0.5) is 4.79 Å². The van der Waals surface area contributed by atoms with Crippen LogP contribution < -0.4 is 5.32 Å². The number of nitrogens with zero attached hydrogens (tertiary/aromatic N) is 2. The second-order valence-electron chi connectivity index (χ2n) is 2.96. The molecule has 7 nitrogen and oxygen atoms in total. The minimum absolute atomic E-state index is 0.113. The molecule has 1 rings (SSSR count). The van der Waals surface area contributed by atoms with Crippen molar-refractivity contribution < 1.29 is 18.3 Å². The molecule has 0 aromatic carbocycles. The van der Waals surface area contributed by atoms with E-state index in [9.17, 15) is 13.2 Å². The van der Waals surface area contributed by atoms with Crippen LogP contribution in [0.2, 0.25) is 0 Å². The van der Waals surface area contributed by atoms with Crippen molar-refractivity contribution in [3.8, 4) is 0 Å². The van der Waals surface area contributed by atoms with E-state index in [2.05, 4.69) is 5.32 Å². The highest BCUT2D eigenvalue weighted by molar-refractivity contribution is 7.87. The molecule has 82 valence electrons. The standard InChI is InChI=1S/C6H13N3O4S/c1-8-4-5-9(14(8,12)13)3-2-7-6(10)11/h7H,2-5H2,1H3,(H,10,11). The van der Waals surface area contributed by atoms with Crippen LogP contribution in [0, 0.1) is 0 Å². The average molecular weight is 223 g/mol. The van der Waals surface area contributed by atoms with Gasteiger partial charge in [0.15, 0.2) is 0 Å².